The summed E-state index contributed by atoms with van der Waals surface area (Å²) in [6, 6.07) is 27.1. The molecule has 39 heavy (non-hydrogen) atoms. The monoisotopic (exact) mass is 519 g/mol. The van der Waals surface area contributed by atoms with E-state index in [2.05, 4.69) is 5.32 Å². The fourth-order valence-corrected chi connectivity index (χ4v) is 4.67. The minimum Gasteiger partial charge on any atom is -0.376 e. The fourth-order valence-electron chi connectivity index (χ4n) is 4.67. The molecule has 0 bridgehead atoms. The van der Waals surface area contributed by atoms with Crippen molar-refractivity contribution in [3.8, 4) is 6.07 Å². The smallest absolute Gasteiger partial charge is 0.267 e. The molecule has 1 N–H and O–H groups in total. The van der Waals surface area contributed by atoms with Crippen LogP contribution in [0.25, 0.3) is 11.7 Å². The molecule has 1 saturated heterocycles. The van der Waals surface area contributed by atoms with Gasteiger partial charge in [-0.1, -0.05) is 66.7 Å². The maximum absolute atomic E-state index is 13.8. The number of amides is 1. The van der Waals surface area contributed by atoms with E-state index < -0.39 is 5.91 Å². The molecule has 1 atom stereocenters. The zero-order valence-electron chi connectivity index (χ0n) is 21.5. The van der Waals surface area contributed by atoms with Gasteiger partial charge in [-0.15, -0.1) is 0 Å². The van der Waals surface area contributed by atoms with Crippen molar-refractivity contribution < 1.29 is 9.53 Å². The molecule has 1 aliphatic rings. The van der Waals surface area contributed by atoms with Crippen LogP contribution in [0.15, 0.2) is 95.4 Å². The fraction of sp³-hybridized carbons (Fsp3) is 0.226. The molecule has 2 aromatic heterocycles. The van der Waals surface area contributed by atoms with Gasteiger partial charge in [0.2, 0.25) is 0 Å². The molecule has 2 aromatic carbocycles. The highest BCUT2D eigenvalue weighted by molar-refractivity contribution is 6.02. The molecule has 1 aliphatic heterocycles. The van der Waals surface area contributed by atoms with Crippen molar-refractivity contribution >= 4 is 23.4 Å². The van der Waals surface area contributed by atoms with Gasteiger partial charge in [0.05, 0.1) is 11.7 Å². The molecule has 1 amide bonds. The van der Waals surface area contributed by atoms with Crippen molar-refractivity contribution in [1.82, 2.24) is 14.7 Å². The number of carbonyl (C=O) groups is 1. The van der Waals surface area contributed by atoms with Crippen molar-refractivity contribution in [2.45, 2.75) is 32.0 Å². The van der Waals surface area contributed by atoms with Crippen LogP contribution in [0.4, 0.5) is 5.82 Å². The maximum atomic E-state index is 13.8. The lowest BCUT2D eigenvalue weighted by atomic mass is 10.1. The summed E-state index contributed by atoms with van der Waals surface area (Å²) in [5.74, 6) is -0.146. The first-order valence-electron chi connectivity index (χ1n) is 13.0. The van der Waals surface area contributed by atoms with Crippen LogP contribution in [-0.2, 0) is 22.6 Å². The summed E-state index contributed by atoms with van der Waals surface area (Å²) in [4.78, 5) is 33.6. The molecule has 0 spiro atoms. The van der Waals surface area contributed by atoms with Gasteiger partial charge in [-0.25, -0.2) is 4.98 Å². The second-order valence-electron chi connectivity index (χ2n) is 9.43. The zero-order chi connectivity index (χ0) is 27.0. The number of ether oxygens (including phenoxy) is 1. The summed E-state index contributed by atoms with van der Waals surface area (Å²) in [7, 11) is 0. The first kappa shape index (κ1) is 25.9. The Hall–Kier alpha value is -4.74. The van der Waals surface area contributed by atoms with Crippen LogP contribution in [0, 0.1) is 11.3 Å². The Morgan fingerprint density at radius 1 is 1.05 bits per heavy atom. The van der Waals surface area contributed by atoms with Gasteiger partial charge in [0.15, 0.2) is 0 Å². The molecule has 8 heteroatoms. The molecule has 8 nitrogen and oxygen atoms in total. The van der Waals surface area contributed by atoms with Crippen molar-refractivity contribution in [2.24, 2.45) is 0 Å². The third kappa shape index (κ3) is 6.22. The number of nitriles is 1. The number of rotatable bonds is 9. The molecule has 0 unspecified atom stereocenters. The van der Waals surface area contributed by atoms with Crippen molar-refractivity contribution in [3.05, 3.63) is 118 Å². The van der Waals surface area contributed by atoms with Crippen molar-refractivity contribution in [1.29, 1.82) is 5.26 Å². The lowest BCUT2D eigenvalue weighted by Gasteiger charge is -2.26. The predicted molar refractivity (Wildman–Crippen MR) is 150 cm³/mol. The Kier molecular flexibility index (Phi) is 8.10. The Balaban J connectivity index is 1.60. The van der Waals surface area contributed by atoms with Gasteiger partial charge in [-0.3, -0.25) is 14.0 Å². The third-order valence-electron chi connectivity index (χ3n) is 6.65. The predicted octanol–water partition coefficient (Wildman–Crippen LogP) is 4.10. The van der Waals surface area contributed by atoms with E-state index in [4.69, 9.17) is 9.72 Å². The third-order valence-corrected chi connectivity index (χ3v) is 6.65. The standard InChI is InChI=1S/C31H29N5O3/c32-19-25(30(37)33-20-26-14-9-17-39-26)18-27-29(34-28-15-7-8-16-36(28)31(27)38)35(21-23-10-3-1-4-11-23)22-24-12-5-2-6-13-24/h1-8,10-13,15-16,18,26H,9,14,17,20-22H2,(H,33,37)/b25-18+/t26-/m1/s1. The number of anilines is 1. The summed E-state index contributed by atoms with van der Waals surface area (Å²) in [5, 5.41) is 12.7. The maximum Gasteiger partial charge on any atom is 0.267 e. The van der Waals surface area contributed by atoms with E-state index >= 15 is 0 Å². The van der Waals surface area contributed by atoms with E-state index in [1.807, 2.05) is 77.7 Å². The van der Waals surface area contributed by atoms with Gasteiger partial charge >= 0.3 is 0 Å². The SMILES string of the molecule is N#C/C(=C\c1c(N(Cc2ccccc2)Cc2ccccc2)nc2ccccn2c1=O)C(=O)NC[C@H]1CCCO1. The average Bonchev–Trinajstić information content (AvgIpc) is 3.50. The van der Waals surface area contributed by atoms with Gasteiger partial charge in [-0.05, 0) is 42.2 Å². The first-order chi connectivity index (χ1) is 19.1. The number of hydrogen-bond donors (Lipinski definition) is 1. The van der Waals surface area contributed by atoms with Crippen LogP contribution < -0.4 is 15.8 Å². The highest BCUT2D eigenvalue weighted by atomic mass is 16.5. The molecule has 5 rings (SSSR count). The molecule has 0 radical (unpaired) electrons. The summed E-state index contributed by atoms with van der Waals surface area (Å²) in [6.45, 7) is 1.93. The molecule has 1 fully saturated rings. The van der Waals surface area contributed by atoms with Gasteiger partial charge in [0.25, 0.3) is 11.5 Å². The second-order valence-corrected chi connectivity index (χ2v) is 9.43. The van der Waals surface area contributed by atoms with Crippen LogP contribution in [0.5, 0.6) is 0 Å². The number of nitrogens with one attached hydrogen (secondary N) is 1. The zero-order valence-corrected chi connectivity index (χ0v) is 21.5. The van der Waals surface area contributed by atoms with Gasteiger partial charge < -0.3 is 15.0 Å². The second kappa shape index (κ2) is 12.2. The largest absolute Gasteiger partial charge is 0.376 e. The molecular formula is C31H29N5O3. The quantitative estimate of drug-likeness (QED) is 0.264. The number of fused-ring (bicyclic) bond motifs is 1. The normalized spacial score (nSPS) is 15.2. The van der Waals surface area contributed by atoms with Crippen LogP contribution in [-0.4, -0.2) is 34.5 Å². The summed E-state index contributed by atoms with van der Waals surface area (Å²) in [6.07, 6.45) is 4.74. The minimum atomic E-state index is -0.547. The van der Waals surface area contributed by atoms with Crippen molar-refractivity contribution in [2.75, 3.05) is 18.1 Å². The van der Waals surface area contributed by atoms with E-state index in [0.717, 1.165) is 24.0 Å². The number of nitrogens with zero attached hydrogens (tertiary/aromatic N) is 4. The highest BCUT2D eigenvalue weighted by Gasteiger charge is 2.22. The minimum absolute atomic E-state index is 0.0651. The summed E-state index contributed by atoms with van der Waals surface area (Å²) < 4.78 is 7.01. The molecule has 0 aliphatic carbocycles. The Morgan fingerprint density at radius 2 is 1.72 bits per heavy atom. The van der Waals surface area contributed by atoms with Gasteiger partial charge in [-0.2, -0.15) is 5.26 Å². The molecule has 196 valence electrons. The molecule has 3 heterocycles. The van der Waals surface area contributed by atoms with E-state index in [1.165, 1.54) is 10.5 Å². The number of aromatic nitrogens is 2. The van der Waals surface area contributed by atoms with Crippen LogP contribution in [0.3, 0.4) is 0 Å². The Labute approximate surface area is 226 Å². The van der Waals surface area contributed by atoms with Crippen LogP contribution in [0.1, 0.15) is 29.5 Å². The van der Waals surface area contributed by atoms with Crippen LogP contribution >= 0.6 is 0 Å². The molecule has 0 saturated carbocycles. The van der Waals surface area contributed by atoms with Gasteiger partial charge in [0, 0.05) is 32.4 Å². The Morgan fingerprint density at radius 3 is 2.33 bits per heavy atom. The number of carbonyl (C=O) groups excluding carboxylic acids is 1. The molecule has 4 aromatic rings. The number of hydrogen-bond acceptors (Lipinski definition) is 6. The number of pyridine rings is 1. The van der Waals surface area contributed by atoms with E-state index in [-0.39, 0.29) is 22.8 Å². The Bertz CT molecular complexity index is 1530. The van der Waals surface area contributed by atoms with E-state index in [1.54, 1.807) is 18.3 Å². The van der Waals surface area contributed by atoms with Gasteiger partial charge in [0.1, 0.15) is 23.1 Å². The van der Waals surface area contributed by atoms with E-state index in [9.17, 15) is 14.9 Å². The number of benzene rings is 2. The first-order valence-corrected chi connectivity index (χ1v) is 13.0. The van der Waals surface area contributed by atoms with Crippen molar-refractivity contribution in [3.63, 3.8) is 0 Å². The average molecular weight is 520 g/mol. The molecular weight excluding hydrogens is 490 g/mol. The summed E-state index contributed by atoms with van der Waals surface area (Å²) in [5.41, 5.74) is 2.20. The van der Waals surface area contributed by atoms with Crippen LogP contribution in [0.2, 0.25) is 0 Å². The topological polar surface area (TPSA) is 99.7 Å². The van der Waals surface area contributed by atoms with E-state index in [0.29, 0.717) is 37.7 Å². The lowest BCUT2D eigenvalue weighted by Crippen LogP contribution is -2.33. The highest BCUT2D eigenvalue weighted by Crippen LogP contribution is 2.24. The summed E-state index contributed by atoms with van der Waals surface area (Å²) >= 11 is 0. The lowest BCUT2D eigenvalue weighted by molar-refractivity contribution is -0.117.